The number of hydrogen-bond donors (Lipinski definition) is 1. The number of nitriles is 1. The lowest BCUT2D eigenvalue weighted by molar-refractivity contribution is -0.118. The number of alkyl carbamates (subject to hydrolysis) is 1. The van der Waals surface area contributed by atoms with Gasteiger partial charge in [0.25, 0.3) is 0 Å². The summed E-state index contributed by atoms with van der Waals surface area (Å²) < 4.78 is 16.1. The van der Waals surface area contributed by atoms with Crippen LogP contribution in [0.2, 0.25) is 0 Å². The highest BCUT2D eigenvalue weighted by molar-refractivity contribution is 7.12. The molecule has 8 nitrogen and oxygen atoms in total. The lowest BCUT2D eigenvalue weighted by Gasteiger charge is -2.22. The fraction of sp³-hybridized carbons (Fsp3) is 0.429. The van der Waals surface area contributed by atoms with Crippen molar-refractivity contribution in [2.24, 2.45) is 5.92 Å². The molecule has 1 aliphatic rings. The number of ketones is 1. The van der Waals surface area contributed by atoms with Gasteiger partial charge in [-0.15, -0.1) is 11.3 Å². The summed E-state index contributed by atoms with van der Waals surface area (Å²) in [6.45, 7) is 4.91. The monoisotopic (exact) mass is 521 g/mol. The van der Waals surface area contributed by atoms with Gasteiger partial charge in [0.2, 0.25) is 0 Å². The SMILES string of the molecule is CCOc1ccccc1CCC(=O)Cc1sc2c(c1C#N)CCC(COC(=O)NCc1cnoc1C)C2. The number of nitrogens with zero attached hydrogens (tertiary/aromatic N) is 2. The smallest absolute Gasteiger partial charge is 0.407 e. The minimum Gasteiger partial charge on any atom is -0.494 e. The van der Waals surface area contributed by atoms with E-state index in [-0.39, 0.29) is 18.1 Å². The van der Waals surface area contributed by atoms with Gasteiger partial charge >= 0.3 is 6.09 Å². The van der Waals surface area contributed by atoms with Crippen molar-refractivity contribution >= 4 is 23.2 Å². The third kappa shape index (κ3) is 6.77. The van der Waals surface area contributed by atoms with Gasteiger partial charge in [-0.1, -0.05) is 23.4 Å². The summed E-state index contributed by atoms with van der Waals surface area (Å²) in [5.41, 5.74) is 3.54. The van der Waals surface area contributed by atoms with Gasteiger partial charge in [-0.3, -0.25) is 4.79 Å². The van der Waals surface area contributed by atoms with Crippen molar-refractivity contribution in [1.82, 2.24) is 10.5 Å². The van der Waals surface area contributed by atoms with Crippen LogP contribution in [0, 0.1) is 24.2 Å². The van der Waals surface area contributed by atoms with Crippen molar-refractivity contribution in [1.29, 1.82) is 5.26 Å². The first-order valence-corrected chi connectivity index (χ1v) is 13.4. The number of nitrogens with one attached hydrogen (secondary N) is 1. The van der Waals surface area contributed by atoms with Crippen LogP contribution in [0.15, 0.2) is 35.0 Å². The number of amides is 1. The minimum atomic E-state index is -0.479. The molecule has 1 aromatic carbocycles. The predicted molar refractivity (Wildman–Crippen MR) is 139 cm³/mol. The molecule has 0 aliphatic heterocycles. The highest BCUT2D eigenvalue weighted by Crippen LogP contribution is 2.37. The van der Waals surface area contributed by atoms with Crippen molar-refractivity contribution in [2.45, 2.75) is 58.9 Å². The molecule has 9 heteroatoms. The Hall–Kier alpha value is -3.64. The van der Waals surface area contributed by atoms with E-state index in [0.717, 1.165) is 51.5 Å². The van der Waals surface area contributed by atoms with Gasteiger partial charge in [-0.05, 0) is 62.6 Å². The van der Waals surface area contributed by atoms with Gasteiger partial charge in [-0.25, -0.2) is 4.79 Å². The Bertz CT molecular complexity index is 1290. The van der Waals surface area contributed by atoms with Crippen molar-refractivity contribution in [3.8, 4) is 11.8 Å². The first kappa shape index (κ1) is 26.4. The van der Waals surface area contributed by atoms with Crippen molar-refractivity contribution in [2.75, 3.05) is 13.2 Å². The molecule has 1 amide bonds. The Labute approximate surface area is 220 Å². The predicted octanol–water partition coefficient (Wildman–Crippen LogP) is 5.09. The fourth-order valence-electron chi connectivity index (χ4n) is 4.56. The molecule has 194 valence electrons. The summed E-state index contributed by atoms with van der Waals surface area (Å²) in [6, 6.07) is 10.1. The Morgan fingerprint density at radius 2 is 2.14 bits per heavy atom. The lowest BCUT2D eigenvalue weighted by atomic mass is 9.87. The van der Waals surface area contributed by atoms with Crippen LogP contribution >= 0.6 is 11.3 Å². The van der Waals surface area contributed by atoms with Gasteiger partial charge in [0.05, 0.1) is 31.5 Å². The van der Waals surface area contributed by atoms with Crippen LogP contribution in [-0.4, -0.2) is 30.2 Å². The van der Waals surface area contributed by atoms with E-state index in [4.69, 9.17) is 14.0 Å². The highest BCUT2D eigenvalue weighted by Gasteiger charge is 2.27. The summed E-state index contributed by atoms with van der Waals surface area (Å²) in [4.78, 5) is 26.9. The maximum absolute atomic E-state index is 12.8. The molecule has 1 N–H and O–H groups in total. The average molecular weight is 522 g/mol. The van der Waals surface area contributed by atoms with Crippen LogP contribution in [0.5, 0.6) is 5.75 Å². The van der Waals surface area contributed by atoms with Crippen molar-refractivity contribution in [3.63, 3.8) is 0 Å². The average Bonchev–Trinajstić information content (AvgIpc) is 3.47. The van der Waals surface area contributed by atoms with Gasteiger partial charge in [-0.2, -0.15) is 5.26 Å². The number of fused-ring (bicyclic) bond motifs is 1. The van der Waals surface area contributed by atoms with E-state index < -0.39 is 6.09 Å². The highest BCUT2D eigenvalue weighted by atomic mass is 32.1. The summed E-state index contributed by atoms with van der Waals surface area (Å²) in [7, 11) is 0. The van der Waals surface area contributed by atoms with E-state index in [0.29, 0.717) is 43.9 Å². The van der Waals surface area contributed by atoms with Crippen LogP contribution in [0.1, 0.15) is 57.5 Å². The first-order valence-electron chi connectivity index (χ1n) is 12.5. The second kappa shape index (κ2) is 12.5. The number of carbonyl (C=O) groups excluding carboxylic acids is 2. The number of Topliss-reactive ketones (excluding diaryl/α,β-unsaturated/α-hetero) is 1. The maximum atomic E-state index is 12.8. The Morgan fingerprint density at radius 3 is 2.89 bits per heavy atom. The van der Waals surface area contributed by atoms with Crippen LogP contribution in [0.3, 0.4) is 0 Å². The molecule has 1 aliphatic carbocycles. The largest absolute Gasteiger partial charge is 0.494 e. The fourth-order valence-corrected chi connectivity index (χ4v) is 6.00. The summed E-state index contributed by atoms with van der Waals surface area (Å²) in [5, 5.41) is 16.2. The number of hydrogen-bond acceptors (Lipinski definition) is 8. The van der Waals surface area contributed by atoms with Crippen LogP contribution in [0.4, 0.5) is 4.79 Å². The minimum absolute atomic E-state index is 0.112. The van der Waals surface area contributed by atoms with Gasteiger partial charge < -0.3 is 19.3 Å². The number of aryl methyl sites for hydroxylation is 2. The van der Waals surface area contributed by atoms with Crippen molar-refractivity contribution < 1.29 is 23.6 Å². The van der Waals surface area contributed by atoms with Gasteiger partial charge in [0.1, 0.15) is 23.4 Å². The lowest BCUT2D eigenvalue weighted by Crippen LogP contribution is -2.27. The van der Waals surface area contributed by atoms with E-state index in [1.807, 2.05) is 31.2 Å². The quantitative estimate of drug-likeness (QED) is 0.374. The third-order valence-corrected chi connectivity index (χ3v) is 7.83. The molecule has 0 saturated carbocycles. The number of carbonyl (C=O) groups is 2. The molecule has 0 saturated heterocycles. The molecule has 0 bridgehead atoms. The molecule has 0 spiro atoms. The van der Waals surface area contributed by atoms with Gasteiger partial charge in [0, 0.05) is 28.2 Å². The molecular weight excluding hydrogens is 490 g/mol. The van der Waals surface area contributed by atoms with E-state index in [2.05, 4.69) is 16.5 Å². The Balaban J connectivity index is 1.29. The summed E-state index contributed by atoms with van der Waals surface area (Å²) in [6.07, 6.45) is 4.69. The van der Waals surface area contributed by atoms with Gasteiger partial charge in [0.15, 0.2) is 0 Å². The zero-order valence-corrected chi connectivity index (χ0v) is 22.0. The van der Waals surface area contributed by atoms with Crippen LogP contribution in [0.25, 0.3) is 0 Å². The molecule has 4 rings (SSSR count). The van der Waals surface area contributed by atoms with Crippen molar-refractivity contribution in [3.05, 3.63) is 68.2 Å². The molecule has 2 heterocycles. The maximum Gasteiger partial charge on any atom is 0.407 e. The second-order valence-corrected chi connectivity index (χ2v) is 10.3. The first-order chi connectivity index (χ1) is 18.0. The molecular formula is C28H31N3O5S. The van der Waals surface area contributed by atoms with E-state index in [1.165, 1.54) is 0 Å². The number of rotatable bonds is 11. The zero-order valence-electron chi connectivity index (χ0n) is 21.2. The third-order valence-electron chi connectivity index (χ3n) is 6.58. The number of para-hydroxylation sites is 1. The molecule has 1 atom stereocenters. The van der Waals surface area contributed by atoms with Crippen LogP contribution < -0.4 is 10.1 Å². The molecule has 3 aromatic rings. The number of aromatic nitrogens is 1. The second-order valence-electron chi connectivity index (χ2n) is 9.14. The topological polar surface area (TPSA) is 114 Å². The molecule has 1 unspecified atom stereocenters. The number of benzene rings is 1. The van der Waals surface area contributed by atoms with E-state index >= 15 is 0 Å². The van der Waals surface area contributed by atoms with E-state index in [1.54, 1.807) is 24.5 Å². The number of ether oxygens (including phenoxy) is 2. The van der Waals surface area contributed by atoms with Crippen LogP contribution in [-0.2, 0) is 41.8 Å². The zero-order chi connectivity index (χ0) is 26.2. The Kier molecular flexibility index (Phi) is 8.96. The Morgan fingerprint density at radius 1 is 1.30 bits per heavy atom. The molecule has 0 radical (unpaired) electrons. The summed E-state index contributed by atoms with van der Waals surface area (Å²) >= 11 is 1.55. The molecule has 37 heavy (non-hydrogen) atoms. The van der Waals surface area contributed by atoms with E-state index in [9.17, 15) is 14.9 Å². The molecule has 2 aromatic heterocycles. The normalized spacial score (nSPS) is 14.5. The number of thiophene rings is 1. The summed E-state index contributed by atoms with van der Waals surface area (Å²) in [5.74, 6) is 1.77. The standard InChI is InChI=1S/C28H31N3O5S/c1-3-34-25-7-5-4-6-20(25)9-10-22(32)13-27-24(14-29)23-11-8-19(12-26(23)37-27)17-35-28(33)30-15-21-16-31-36-18(21)2/h4-7,16,19H,3,8-13,15,17H2,1-2H3,(H,30,33). The molecule has 0 fully saturated rings.